The fourth-order valence-electron chi connectivity index (χ4n) is 2.37. The van der Waals surface area contributed by atoms with E-state index in [1.165, 1.54) is 0 Å². The highest BCUT2D eigenvalue weighted by molar-refractivity contribution is 5.84. The molecule has 1 N–H and O–H groups in total. The number of aliphatic hydroxyl groups excluding tert-OH is 1. The van der Waals surface area contributed by atoms with Crippen molar-refractivity contribution in [3.05, 3.63) is 0 Å². The van der Waals surface area contributed by atoms with Gasteiger partial charge in [0, 0.05) is 13.0 Å². The lowest BCUT2D eigenvalue weighted by molar-refractivity contribution is -0.154. The number of amides is 1. The van der Waals surface area contributed by atoms with Gasteiger partial charge in [-0.3, -0.25) is 4.79 Å². The second-order valence-corrected chi connectivity index (χ2v) is 6.29. The summed E-state index contributed by atoms with van der Waals surface area (Å²) in [6.45, 7) is 5.01. The van der Waals surface area contributed by atoms with Crippen molar-refractivity contribution in [2.75, 3.05) is 6.54 Å². The third kappa shape index (κ3) is 3.94. The van der Waals surface area contributed by atoms with E-state index >= 15 is 0 Å². The Hall–Kier alpha value is -1.11. The van der Waals surface area contributed by atoms with Gasteiger partial charge in [0.1, 0.15) is 12.4 Å². The SMILES string of the molecule is CC(C)(C)[C@H](O)C(=O)N1CCC(CC(F)(F)F)C1C=O. The minimum absolute atomic E-state index is 0.0656. The first-order valence-electron chi connectivity index (χ1n) is 6.48. The van der Waals surface area contributed by atoms with Crippen LogP contribution in [0.2, 0.25) is 0 Å². The maximum absolute atomic E-state index is 12.4. The number of likely N-dealkylation sites (tertiary alicyclic amines) is 1. The molecule has 1 fully saturated rings. The average Bonchev–Trinajstić information content (AvgIpc) is 2.66. The van der Waals surface area contributed by atoms with Crippen LogP contribution < -0.4 is 0 Å². The van der Waals surface area contributed by atoms with Gasteiger partial charge in [-0.25, -0.2) is 0 Å². The summed E-state index contributed by atoms with van der Waals surface area (Å²) in [4.78, 5) is 24.2. The Labute approximate surface area is 115 Å². The molecule has 1 amide bonds. The van der Waals surface area contributed by atoms with E-state index < -0.39 is 42.0 Å². The van der Waals surface area contributed by atoms with Crippen molar-refractivity contribution >= 4 is 12.2 Å². The van der Waals surface area contributed by atoms with Gasteiger partial charge in [0.2, 0.25) is 0 Å². The van der Waals surface area contributed by atoms with E-state index in [4.69, 9.17) is 0 Å². The molecule has 0 aromatic carbocycles. The zero-order chi connectivity index (χ0) is 15.7. The van der Waals surface area contributed by atoms with Crippen molar-refractivity contribution in [2.24, 2.45) is 11.3 Å². The first-order valence-corrected chi connectivity index (χ1v) is 6.48. The molecular formula is C13H20F3NO3. The maximum Gasteiger partial charge on any atom is 0.389 e. The molecular weight excluding hydrogens is 275 g/mol. The topological polar surface area (TPSA) is 57.6 Å². The van der Waals surface area contributed by atoms with Crippen LogP contribution in [-0.4, -0.2) is 47.1 Å². The minimum atomic E-state index is -4.37. The number of alkyl halides is 3. The number of aliphatic hydroxyl groups is 1. The number of carbonyl (C=O) groups excluding carboxylic acids is 2. The highest BCUT2D eigenvalue weighted by atomic mass is 19.4. The third-order valence-corrected chi connectivity index (χ3v) is 3.55. The Bertz CT molecular complexity index is 376. The summed E-state index contributed by atoms with van der Waals surface area (Å²) in [5.41, 5.74) is -0.730. The lowest BCUT2D eigenvalue weighted by Crippen LogP contribution is -2.48. The molecule has 116 valence electrons. The quantitative estimate of drug-likeness (QED) is 0.807. The molecule has 3 atom stereocenters. The van der Waals surface area contributed by atoms with Crippen LogP contribution in [0, 0.1) is 11.3 Å². The van der Waals surface area contributed by atoms with Gasteiger partial charge < -0.3 is 14.8 Å². The molecule has 4 nitrogen and oxygen atoms in total. The predicted molar refractivity (Wildman–Crippen MR) is 65.8 cm³/mol. The van der Waals surface area contributed by atoms with Crippen molar-refractivity contribution in [3.8, 4) is 0 Å². The molecule has 0 spiro atoms. The molecule has 0 bridgehead atoms. The number of halogens is 3. The number of hydrogen-bond acceptors (Lipinski definition) is 3. The summed E-state index contributed by atoms with van der Waals surface area (Å²) in [5.74, 6) is -1.61. The van der Waals surface area contributed by atoms with Gasteiger partial charge in [-0.1, -0.05) is 20.8 Å². The Morgan fingerprint density at radius 3 is 2.35 bits per heavy atom. The first kappa shape index (κ1) is 16.9. The van der Waals surface area contributed by atoms with E-state index in [0.717, 1.165) is 4.90 Å². The van der Waals surface area contributed by atoms with Crippen molar-refractivity contribution in [3.63, 3.8) is 0 Å². The lowest BCUT2D eigenvalue weighted by Gasteiger charge is -2.31. The Morgan fingerprint density at radius 2 is 1.95 bits per heavy atom. The van der Waals surface area contributed by atoms with E-state index in [9.17, 15) is 27.9 Å². The van der Waals surface area contributed by atoms with Crippen LogP contribution in [0.1, 0.15) is 33.6 Å². The van der Waals surface area contributed by atoms with E-state index in [2.05, 4.69) is 0 Å². The van der Waals surface area contributed by atoms with Crippen molar-refractivity contribution in [2.45, 2.75) is 51.9 Å². The van der Waals surface area contributed by atoms with Crippen LogP contribution in [0.25, 0.3) is 0 Å². The molecule has 0 aliphatic carbocycles. The molecule has 1 saturated heterocycles. The van der Waals surface area contributed by atoms with Crippen molar-refractivity contribution < 1.29 is 27.9 Å². The summed E-state index contributed by atoms with van der Waals surface area (Å²) in [7, 11) is 0. The van der Waals surface area contributed by atoms with E-state index in [-0.39, 0.29) is 13.0 Å². The van der Waals surface area contributed by atoms with E-state index in [1.54, 1.807) is 20.8 Å². The van der Waals surface area contributed by atoms with E-state index in [1.807, 2.05) is 0 Å². The van der Waals surface area contributed by atoms with Gasteiger partial charge in [-0.2, -0.15) is 13.2 Å². The molecule has 0 aromatic heterocycles. The molecule has 1 rings (SSSR count). The van der Waals surface area contributed by atoms with Crippen molar-refractivity contribution in [1.82, 2.24) is 4.90 Å². The molecule has 1 aliphatic heterocycles. The Balaban J connectivity index is 2.83. The fourth-order valence-corrected chi connectivity index (χ4v) is 2.37. The molecule has 0 radical (unpaired) electrons. The first-order chi connectivity index (χ1) is 8.97. The van der Waals surface area contributed by atoms with Gasteiger partial charge in [0.05, 0.1) is 6.04 Å². The third-order valence-electron chi connectivity index (χ3n) is 3.55. The zero-order valence-corrected chi connectivity index (χ0v) is 11.8. The zero-order valence-electron chi connectivity index (χ0n) is 11.8. The standard InChI is InChI=1S/C13H20F3NO3/c1-12(2,3)10(19)11(20)17-5-4-8(9(17)7-18)6-13(14,15)16/h7-10,19H,4-6H2,1-3H3/t8?,9?,10-/m1/s1. The number of hydrogen-bond donors (Lipinski definition) is 1. The summed E-state index contributed by atoms with van der Waals surface area (Å²) in [5, 5.41) is 9.92. The minimum Gasteiger partial charge on any atom is -0.383 e. The molecule has 1 heterocycles. The summed E-state index contributed by atoms with van der Waals surface area (Å²) in [6, 6.07) is -1.11. The van der Waals surface area contributed by atoms with Gasteiger partial charge >= 0.3 is 6.18 Å². The van der Waals surface area contributed by atoms with Gasteiger partial charge in [0.15, 0.2) is 0 Å². The fraction of sp³-hybridized carbons (Fsp3) is 0.846. The predicted octanol–water partition coefficient (Wildman–Crippen LogP) is 1.76. The second kappa shape index (κ2) is 5.71. The van der Waals surface area contributed by atoms with Gasteiger partial charge in [-0.15, -0.1) is 0 Å². The highest BCUT2D eigenvalue weighted by Gasteiger charge is 2.45. The number of nitrogens with zero attached hydrogens (tertiary/aromatic N) is 1. The average molecular weight is 295 g/mol. The van der Waals surface area contributed by atoms with Crippen LogP contribution in [0.3, 0.4) is 0 Å². The molecule has 0 aromatic rings. The van der Waals surface area contributed by atoms with E-state index in [0.29, 0.717) is 6.29 Å². The lowest BCUT2D eigenvalue weighted by atomic mass is 9.88. The van der Waals surface area contributed by atoms with Crippen LogP contribution in [0.5, 0.6) is 0 Å². The number of aldehydes is 1. The Morgan fingerprint density at radius 1 is 1.40 bits per heavy atom. The van der Waals surface area contributed by atoms with Crippen LogP contribution >= 0.6 is 0 Å². The number of rotatable bonds is 3. The molecule has 2 unspecified atom stereocenters. The van der Waals surface area contributed by atoms with Crippen LogP contribution in [0.15, 0.2) is 0 Å². The number of carbonyl (C=O) groups is 2. The molecule has 7 heteroatoms. The summed E-state index contributed by atoms with van der Waals surface area (Å²) in [6.07, 6.45) is -6.31. The molecule has 20 heavy (non-hydrogen) atoms. The molecule has 1 aliphatic rings. The second-order valence-electron chi connectivity index (χ2n) is 6.29. The maximum atomic E-state index is 12.4. The largest absolute Gasteiger partial charge is 0.389 e. The highest BCUT2D eigenvalue weighted by Crippen LogP contribution is 2.35. The monoisotopic (exact) mass is 295 g/mol. The van der Waals surface area contributed by atoms with Gasteiger partial charge in [-0.05, 0) is 17.8 Å². The Kier molecular flexibility index (Phi) is 4.84. The normalized spacial score (nSPS) is 25.6. The van der Waals surface area contributed by atoms with Crippen LogP contribution in [-0.2, 0) is 9.59 Å². The van der Waals surface area contributed by atoms with Gasteiger partial charge in [0.25, 0.3) is 5.91 Å². The smallest absolute Gasteiger partial charge is 0.383 e. The van der Waals surface area contributed by atoms with Crippen LogP contribution in [0.4, 0.5) is 13.2 Å². The summed E-state index contributed by atoms with van der Waals surface area (Å²) >= 11 is 0. The molecule has 0 saturated carbocycles. The summed E-state index contributed by atoms with van der Waals surface area (Å²) < 4.78 is 37.3. The van der Waals surface area contributed by atoms with Crippen molar-refractivity contribution in [1.29, 1.82) is 0 Å².